The summed E-state index contributed by atoms with van der Waals surface area (Å²) < 4.78 is 12.5. The Hall–Kier alpha value is -0.110. The van der Waals surface area contributed by atoms with Gasteiger partial charge in [-0.2, -0.15) is 0 Å². The van der Waals surface area contributed by atoms with Crippen LogP contribution in [0.25, 0.3) is 0 Å². The molecule has 0 atom stereocenters. The molecular formula is C8H20FN. The van der Waals surface area contributed by atoms with Crippen molar-refractivity contribution in [1.29, 1.82) is 0 Å². The zero-order chi connectivity index (χ0) is 8.73. The lowest BCUT2D eigenvalue weighted by Gasteiger charge is -2.18. The van der Waals surface area contributed by atoms with Gasteiger partial charge in [0, 0.05) is 12.1 Å². The van der Waals surface area contributed by atoms with E-state index in [9.17, 15) is 4.48 Å². The van der Waals surface area contributed by atoms with E-state index in [1.807, 2.05) is 41.5 Å². The molecule has 0 rings (SSSR count). The van der Waals surface area contributed by atoms with Gasteiger partial charge in [-0.3, -0.25) is 0 Å². The highest BCUT2D eigenvalue weighted by molar-refractivity contribution is 4.55. The first-order valence-corrected chi connectivity index (χ1v) is 3.99. The predicted octanol–water partition coefficient (Wildman–Crippen LogP) is 3.02. The Balaban J connectivity index is 0. The summed E-state index contributed by atoms with van der Waals surface area (Å²) in [5.41, 5.74) is 0. The normalized spacial score (nSPS) is 10.2. The summed E-state index contributed by atoms with van der Waals surface area (Å²) in [4.78, 5) is 0. The van der Waals surface area contributed by atoms with Gasteiger partial charge in [0.1, 0.15) is 0 Å². The molecule has 0 unspecified atom stereocenters. The van der Waals surface area contributed by atoms with Crippen LogP contribution in [0.15, 0.2) is 0 Å². The van der Waals surface area contributed by atoms with Gasteiger partial charge >= 0.3 is 0 Å². The topological polar surface area (TPSA) is 3.24 Å². The Morgan fingerprint density at radius 1 is 0.900 bits per heavy atom. The van der Waals surface area contributed by atoms with Gasteiger partial charge in [0.15, 0.2) is 0 Å². The van der Waals surface area contributed by atoms with E-state index >= 15 is 0 Å². The second-order valence-corrected chi connectivity index (χ2v) is 2.53. The molecule has 0 saturated heterocycles. The average Bonchev–Trinajstić information content (AvgIpc) is 1.90. The number of nitrogens with zero attached hydrogens (tertiary/aromatic N) is 1. The molecule has 0 spiro atoms. The van der Waals surface area contributed by atoms with Crippen LogP contribution in [0, 0.1) is 0 Å². The molecule has 2 heteroatoms. The van der Waals surface area contributed by atoms with Crippen LogP contribution in [0.4, 0.5) is 4.48 Å². The van der Waals surface area contributed by atoms with Crippen LogP contribution in [-0.2, 0) is 0 Å². The summed E-state index contributed by atoms with van der Waals surface area (Å²) in [7, 11) is 0. The lowest BCUT2D eigenvalue weighted by Crippen LogP contribution is -2.28. The van der Waals surface area contributed by atoms with Crippen LogP contribution in [0.5, 0.6) is 0 Å². The van der Waals surface area contributed by atoms with Crippen molar-refractivity contribution >= 4 is 0 Å². The summed E-state index contributed by atoms with van der Waals surface area (Å²) >= 11 is 0. The highest BCUT2D eigenvalue weighted by atomic mass is 19.2. The summed E-state index contributed by atoms with van der Waals surface area (Å²) in [6.07, 6.45) is 0. The maximum Gasteiger partial charge on any atom is 0.0348 e. The van der Waals surface area contributed by atoms with Crippen LogP contribution in [0.3, 0.4) is 0 Å². The first-order chi connectivity index (χ1) is 4.55. The van der Waals surface area contributed by atoms with Crippen LogP contribution in [0.1, 0.15) is 41.5 Å². The minimum Gasteiger partial charge on any atom is -0.141 e. The monoisotopic (exact) mass is 149 g/mol. The van der Waals surface area contributed by atoms with Gasteiger partial charge in [0.05, 0.1) is 0 Å². The van der Waals surface area contributed by atoms with Crippen molar-refractivity contribution in [3.8, 4) is 0 Å². The highest BCUT2D eigenvalue weighted by Gasteiger charge is 2.10. The van der Waals surface area contributed by atoms with Crippen molar-refractivity contribution < 1.29 is 4.48 Å². The second-order valence-electron chi connectivity index (χ2n) is 2.53. The molecule has 0 heterocycles. The maximum atomic E-state index is 12.5. The number of rotatable bonds is 2. The van der Waals surface area contributed by atoms with Crippen molar-refractivity contribution in [1.82, 2.24) is 5.12 Å². The summed E-state index contributed by atoms with van der Waals surface area (Å²) in [5, 5.41) is 0.833. The third kappa shape index (κ3) is 6.02. The number of hydrogen-bond donors (Lipinski definition) is 0. The van der Waals surface area contributed by atoms with Gasteiger partial charge in [-0.15, -0.1) is 9.60 Å². The van der Waals surface area contributed by atoms with Crippen molar-refractivity contribution in [2.24, 2.45) is 0 Å². The largest absolute Gasteiger partial charge is 0.141 e. The average molecular weight is 149 g/mol. The lowest BCUT2D eigenvalue weighted by atomic mass is 10.3. The molecule has 0 fully saturated rings. The first-order valence-electron chi connectivity index (χ1n) is 3.99. The fourth-order valence-electron chi connectivity index (χ4n) is 0.596. The third-order valence-electron chi connectivity index (χ3n) is 0.987. The first kappa shape index (κ1) is 12.6. The maximum absolute atomic E-state index is 12.5. The van der Waals surface area contributed by atoms with Crippen LogP contribution in [0.2, 0.25) is 0 Å². The molecule has 0 N–H and O–H groups in total. The number of halogens is 1. The van der Waals surface area contributed by atoms with E-state index in [-0.39, 0.29) is 12.1 Å². The van der Waals surface area contributed by atoms with Crippen molar-refractivity contribution in [2.45, 2.75) is 53.6 Å². The Labute approximate surface area is 64.2 Å². The van der Waals surface area contributed by atoms with Gasteiger partial charge in [0.2, 0.25) is 0 Å². The molecular weight excluding hydrogens is 129 g/mol. The van der Waals surface area contributed by atoms with E-state index in [4.69, 9.17) is 0 Å². The molecule has 0 aliphatic rings. The summed E-state index contributed by atoms with van der Waals surface area (Å²) in [6.45, 7) is 11.3. The molecule has 0 aromatic carbocycles. The fourth-order valence-corrected chi connectivity index (χ4v) is 0.596. The van der Waals surface area contributed by atoms with Crippen LogP contribution < -0.4 is 0 Å². The fraction of sp³-hybridized carbons (Fsp3) is 1.00. The molecule has 0 amide bonds. The van der Waals surface area contributed by atoms with Gasteiger partial charge < -0.3 is 0 Å². The zero-order valence-corrected chi connectivity index (χ0v) is 7.98. The van der Waals surface area contributed by atoms with Gasteiger partial charge in [-0.1, -0.05) is 13.8 Å². The molecule has 0 bridgehead atoms. The van der Waals surface area contributed by atoms with Gasteiger partial charge in [-0.25, -0.2) is 0 Å². The van der Waals surface area contributed by atoms with Crippen molar-refractivity contribution in [2.75, 3.05) is 0 Å². The molecule has 0 saturated carbocycles. The molecule has 0 aromatic heterocycles. The molecule has 0 aromatic rings. The second kappa shape index (κ2) is 7.00. The zero-order valence-electron chi connectivity index (χ0n) is 7.98. The molecule has 0 radical (unpaired) electrons. The highest BCUT2D eigenvalue weighted by Crippen LogP contribution is 2.03. The number of hydrogen-bond acceptors (Lipinski definition) is 1. The Morgan fingerprint density at radius 2 is 1.10 bits per heavy atom. The third-order valence-corrected chi connectivity index (χ3v) is 0.987. The molecule has 0 aliphatic carbocycles. The van der Waals surface area contributed by atoms with E-state index in [2.05, 4.69) is 0 Å². The smallest absolute Gasteiger partial charge is 0.0348 e. The van der Waals surface area contributed by atoms with E-state index in [1.54, 1.807) is 0 Å². The Kier molecular flexibility index (Phi) is 8.79. The van der Waals surface area contributed by atoms with Gasteiger partial charge in [0.25, 0.3) is 0 Å². The molecule has 1 nitrogen and oxygen atoms in total. The summed E-state index contributed by atoms with van der Waals surface area (Å²) in [6, 6.07) is 0.0185. The standard InChI is InChI=1S/C6H14FN.C2H6/c1-5(2)8(7)6(3)4;1-2/h5-6H,1-4H3;1-2H3. The van der Waals surface area contributed by atoms with Gasteiger partial charge in [-0.05, 0) is 27.7 Å². The Morgan fingerprint density at radius 3 is 1.10 bits per heavy atom. The van der Waals surface area contributed by atoms with Crippen molar-refractivity contribution in [3.05, 3.63) is 0 Å². The molecule has 0 aliphatic heterocycles. The quantitative estimate of drug-likeness (QED) is 0.545. The van der Waals surface area contributed by atoms with E-state index < -0.39 is 0 Å². The Bertz CT molecular complexity index is 54.3. The van der Waals surface area contributed by atoms with Crippen molar-refractivity contribution in [3.63, 3.8) is 0 Å². The predicted molar refractivity (Wildman–Crippen MR) is 44.6 cm³/mol. The SMILES string of the molecule is CC.CC(C)N(F)C(C)C. The van der Waals surface area contributed by atoms with E-state index in [0.29, 0.717) is 0 Å². The van der Waals surface area contributed by atoms with Crippen LogP contribution >= 0.6 is 0 Å². The lowest BCUT2D eigenvalue weighted by molar-refractivity contribution is -0.0391. The molecule has 10 heavy (non-hydrogen) atoms. The van der Waals surface area contributed by atoms with E-state index in [0.717, 1.165) is 5.12 Å². The summed E-state index contributed by atoms with van der Waals surface area (Å²) in [5.74, 6) is 0. The van der Waals surface area contributed by atoms with Crippen LogP contribution in [-0.4, -0.2) is 17.2 Å². The minimum atomic E-state index is 0.00926. The van der Waals surface area contributed by atoms with E-state index in [1.165, 1.54) is 0 Å². The molecule has 64 valence electrons. The minimum absolute atomic E-state index is 0.00926.